The van der Waals surface area contributed by atoms with Gasteiger partial charge in [-0.25, -0.2) is 0 Å². The number of nitrogens with zero attached hydrogens (tertiary/aromatic N) is 1. The van der Waals surface area contributed by atoms with Crippen LogP contribution in [0.25, 0.3) is 5.69 Å². The summed E-state index contributed by atoms with van der Waals surface area (Å²) in [4.78, 5) is 0. The summed E-state index contributed by atoms with van der Waals surface area (Å²) in [7, 11) is 0. The Morgan fingerprint density at radius 3 is 2.14 bits per heavy atom. The van der Waals surface area contributed by atoms with Crippen molar-refractivity contribution >= 4 is 11.6 Å². The maximum atomic E-state index is 5.90. The van der Waals surface area contributed by atoms with E-state index in [1.807, 2.05) is 71.6 Å². The molecule has 0 aliphatic heterocycles. The van der Waals surface area contributed by atoms with Gasteiger partial charge in [0.1, 0.15) is 24.7 Å². The fraction of sp³-hybridized carbons (Fsp3) is 0.111. The Hall–Kier alpha value is -2.39. The topological polar surface area (TPSA) is 23.4 Å². The van der Waals surface area contributed by atoms with Gasteiger partial charge in [-0.3, -0.25) is 0 Å². The van der Waals surface area contributed by atoms with Crippen LogP contribution in [0.2, 0.25) is 5.02 Å². The third-order valence-electron chi connectivity index (χ3n) is 3.16. The van der Waals surface area contributed by atoms with Crippen molar-refractivity contribution in [2.45, 2.75) is 0 Å². The lowest BCUT2D eigenvalue weighted by molar-refractivity contribution is 0.217. The molecule has 3 rings (SSSR count). The molecule has 0 amide bonds. The lowest BCUT2D eigenvalue weighted by Crippen LogP contribution is -2.08. The Kier molecular flexibility index (Phi) is 4.66. The van der Waals surface area contributed by atoms with Crippen LogP contribution in [-0.2, 0) is 0 Å². The second-order valence-corrected chi connectivity index (χ2v) is 5.17. The lowest BCUT2D eigenvalue weighted by Gasteiger charge is -2.09. The van der Waals surface area contributed by atoms with Gasteiger partial charge in [-0.1, -0.05) is 17.7 Å². The first-order valence-corrected chi connectivity index (χ1v) is 7.44. The molecule has 4 heteroatoms. The SMILES string of the molecule is Clc1cccc(OCCOc2ccc(-n3cccc3)cc2)c1. The van der Waals surface area contributed by atoms with E-state index in [0.717, 1.165) is 17.2 Å². The van der Waals surface area contributed by atoms with E-state index in [0.29, 0.717) is 18.2 Å². The van der Waals surface area contributed by atoms with E-state index >= 15 is 0 Å². The van der Waals surface area contributed by atoms with Gasteiger partial charge >= 0.3 is 0 Å². The minimum Gasteiger partial charge on any atom is -0.490 e. The molecule has 0 saturated carbocycles. The van der Waals surface area contributed by atoms with Crippen LogP contribution in [0, 0.1) is 0 Å². The number of halogens is 1. The van der Waals surface area contributed by atoms with E-state index in [9.17, 15) is 0 Å². The number of ether oxygens (including phenoxy) is 2. The van der Waals surface area contributed by atoms with Crippen molar-refractivity contribution in [3.05, 3.63) is 78.1 Å². The Morgan fingerprint density at radius 1 is 0.773 bits per heavy atom. The van der Waals surface area contributed by atoms with Gasteiger partial charge in [0, 0.05) is 23.1 Å². The average Bonchev–Trinajstić information content (AvgIpc) is 3.07. The van der Waals surface area contributed by atoms with Crippen molar-refractivity contribution in [3.63, 3.8) is 0 Å². The van der Waals surface area contributed by atoms with Crippen molar-refractivity contribution in [1.82, 2.24) is 4.57 Å². The van der Waals surface area contributed by atoms with E-state index in [4.69, 9.17) is 21.1 Å². The second kappa shape index (κ2) is 7.05. The van der Waals surface area contributed by atoms with Crippen molar-refractivity contribution < 1.29 is 9.47 Å². The molecule has 0 unspecified atom stereocenters. The second-order valence-electron chi connectivity index (χ2n) is 4.74. The number of rotatable bonds is 6. The van der Waals surface area contributed by atoms with Gasteiger partial charge in [-0.15, -0.1) is 0 Å². The molecule has 0 radical (unpaired) electrons. The van der Waals surface area contributed by atoms with Crippen LogP contribution in [0.3, 0.4) is 0 Å². The quantitative estimate of drug-likeness (QED) is 0.621. The summed E-state index contributed by atoms with van der Waals surface area (Å²) >= 11 is 5.90. The summed E-state index contributed by atoms with van der Waals surface area (Å²) in [6.07, 6.45) is 4.02. The summed E-state index contributed by atoms with van der Waals surface area (Å²) < 4.78 is 13.3. The van der Waals surface area contributed by atoms with Crippen molar-refractivity contribution in [2.24, 2.45) is 0 Å². The van der Waals surface area contributed by atoms with Crippen molar-refractivity contribution in [3.8, 4) is 17.2 Å². The summed E-state index contributed by atoms with van der Waals surface area (Å²) in [6, 6.07) is 19.3. The summed E-state index contributed by atoms with van der Waals surface area (Å²) in [5.41, 5.74) is 1.10. The Labute approximate surface area is 134 Å². The third kappa shape index (κ3) is 3.83. The minimum atomic E-state index is 0.472. The Bertz CT molecular complexity index is 708. The first kappa shape index (κ1) is 14.5. The van der Waals surface area contributed by atoms with E-state index in [1.54, 1.807) is 6.07 Å². The van der Waals surface area contributed by atoms with E-state index in [2.05, 4.69) is 0 Å². The Balaban J connectivity index is 1.48. The highest BCUT2D eigenvalue weighted by molar-refractivity contribution is 6.30. The molecule has 0 N–H and O–H groups in total. The maximum absolute atomic E-state index is 5.90. The Morgan fingerprint density at radius 2 is 1.45 bits per heavy atom. The molecule has 0 spiro atoms. The van der Waals surface area contributed by atoms with Crippen LogP contribution in [0.5, 0.6) is 11.5 Å². The largest absolute Gasteiger partial charge is 0.490 e. The van der Waals surface area contributed by atoms with Gasteiger partial charge in [-0.2, -0.15) is 0 Å². The predicted molar refractivity (Wildman–Crippen MR) is 88.2 cm³/mol. The molecule has 3 nitrogen and oxygen atoms in total. The van der Waals surface area contributed by atoms with Crippen LogP contribution in [0.1, 0.15) is 0 Å². The summed E-state index contributed by atoms with van der Waals surface area (Å²) in [5, 5.41) is 0.666. The highest BCUT2D eigenvalue weighted by atomic mass is 35.5. The number of benzene rings is 2. The molecule has 1 aromatic heterocycles. The molecular weight excluding hydrogens is 298 g/mol. The fourth-order valence-corrected chi connectivity index (χ4v) is 2.28. The van der Waals surface area contributed by atoms with E-state index in [1.165, 1.54) is 0 Å². The van der Waals surface area contributed by atoms with Gasteiger partial charge in [0.15, 0.2) is 0 Å². The van der Waals surface area contributed by atoms with Gasteiger partial charge in [0.25, 0.3) is 0 Å². The molecule has 0 aliphatic rings. The predicted octanol–water partition coefficient (Wildman–Crippen LogP) is 4.59. The van der Waals surface area contributed by atoms with Gasteiger partial charge in [0.05, 0.1) is 0 Å². The first-order chi connectivity index (χ1) is 10.8. The smallest absolute Gasteiger partial charge is 0.122 e. The van der Waals surface area contributed by atoms with Crippen LogP contribution < -0.4 is 9.47 Å². The maximum Gasteiger partial charge on any atom is 0.122 e. The molecule has 0 atom stereocenters. The molecule has 0 bridgehead atoms. The first-order valence-electron chi connectivity index (χ1n) is 7.06. The number of hydrogen-bond acceptors (Lipinski definition) is 2. The van der Waals surface area contributed by atoms with Gasteiger partial charge in [0.2, 0.25) is 0 Å². The molecule has 112 valence electrons. The van der Waals surface area contributed by atoms with E-state index < -0.39 is 0 Å². The monoisotopic (exact) mass is 313 g/mol. The highest BCUT2D eigenvalue weighted by Crippen LogP contribution is 2.18. The summed E-state index contributed by atoms with van der Waals surface area (Å²) in [6.45, 7) is 0.953. The third-order valence-corrected chi connectivity index (χ3v) is 3.39. The normalized spacial score (nSPS) is 10.4. The zero-order valence-corrected chi connectivity index (χ0v) is 12.7. The van der Waals surface area contributed by atoms with Crippen molar-refractivity contribution in [1.29, 1.82) is 0 Å². The van der Waals surface area contributed by atoms with Gasteiger partial charge in [-0.05, 0) is 54.6 Å². The lowest BCUT2D eigenvalue weighted by atomic mass is 10.3. The number of aromatic nitrogens is 1. The molecule has 3 aromatic rings. The van der Waals surface area contributed by atoms with Crippen molar-refractivity contribution in [2.75, 3.05) is 13.2 Å². The highest BCUT2D eigenvalue weighted by Gasteiger charge is 1.98. The average molecular weight is 314 g/mol. The molecule has 0 aliphatic carbocycles. The molecule has 0 fully saturated rings. The zero-order chi connectivity index (χ0) is 15.2. The van der Waals surface area contributed by atoms with Crippen LogP contribution in [0.15, 0.2) is 73.1 Å². The zero-order valence-electron chi connectivity index (χ0n) is 12.0. The summed E-state index contributed by atoms with van der Waals surface area (Å²) in [5.74, 6) is 1.57. The van der Waals surface area contributed by atoms with Crippen LogP contribution in [0.4, 0.5) is 0 Å². The van der Waals surface area contributed by atoms with Gasteiger partial charge < -0.3 is 14.0 Å². The molecule has 2 aromatic carbocycles. The van der Waals surface area contributed by atoms with Crippen LogP contribution >= 0.6 is 11.6 Å². The van der Waals surface area contributed by atoms with Crippen LogP contribution in [-0.4, -0.2) is 17.8 Å². The number of hydrogen-bond donors (Lipinski definition) is 0. The standard InChI is InChI=1S/C18H16ClNO2/c19-15-4-3-5-18(14-15)22-13-12-21-17-8-6-16(7-9-17)20-10-1-2-11-20/h1-11,14H,12-13H2. The molecule has 0 saturated heterocycles. The fourth-order valence-electron chi connectivity index (χ4n) is 2.10. The molecular formula is C18H16ClNO2. The molecule has 1 heterocycles. The minimum absolute atomic E-state index is 0.472. The van der Waals surface area contributed by atoms with E-state index in [-0.39, 0.29) is 0 Å². The molecule has 22 heavy (non-hydrogen) atoms.